The van der Waals surface area contributed by atoms with E-state index in [2.05, 4.69) is 36.9 Å². The number of aliphatic hydroxyl groups excluding tert-OH is 2. The van der Waals surface area contributed by atoms with Crippen molar-refractivity contribution in [2.24, 2.45) is 17.8 Å². The number of carboxylic acid groups (broad SMARTS) is 1. The molecule has 0 bridgehead atoms. The molecular weight excluding hydrogens is 796 g/mol. The molecule has 1 aromatic carbocycles. The van der Waals surface area contributed by atoms with Gasteiger partial charge in [0.15, 0.2) is 0 Å². The van der Waals surface area contributed by atoms with E-state index in [1.54, 1.807) is 59.9 Å². The molecule has 0 spiro atoms. The molecule has 1 aromatic heterocycles. The van der Waals surface area contributed by atoms with Crippen LogP contribution in [0.3, 0.4) is 0 Å². The van der Waals surface area contributed by atoms with E-state index in [0.29, 0.717) is 18.4 Å². The quantitative estimate of drug-likeness (QED) is 0.0714. The largest absolute Gasteiger partial charge is 0.508 e. The maximum Gasteiger partial charge on any atom is 0.326 e. The minimum absolute atomic E-state index is 0.0513. The molecule has 3 rings (SSSR count). The van der Waals surface area contributed by atoms with Crippen LogP contribution in [-0.2, 0) is 40.0 Å². The number of benzene rings is 1. The van der Waals surface area contributed by atoms with E-state index in [0.717, 1.165) is 0 Å². The molecule has 1 aliphatic rings. The third-order valence-electron chi connectivity index (χ3n) is 10.3. The van der Waals surface area contributed by atoms with E-state index < -0.39 is 114 Å². The zero-order valence-electron chi connectivity index (χ0n) is 35.4. The van der Waals surface area contributed by atoms with Gasteiger partial charge in [0.05, 0.1) is 12.7 Å². The minimum Gasteiger partial charge on any atom is -0.508 e. The number of H-pyrrole nitrogens is 1. The van der Waals surface area contributed by atoms with Crippen LogP contribution in [0.15, 0.2) is 42.6 Å². The molecular formula is C41H60N8O12. The average molecular weight is 857 g/mol. The molecule has 8 atom stereocenters. The number of phenols is 1. The molecule has 2 heterocycles. The van der Waals surface area contributed by atoms with Gasteiger partial charge in [-0.05, 0) is 67.3 Å². The summed E-state index contributed by atoms with van der Waals surface area (Å²) in [6.45, 7) is 10.5. The molecule has 11 N–H and O–H groups in total. The predicted molar refractivity (Wildman–Crippen MR) is 219 cm³/mol. The van der Waals surface area contributed by atoms with Gasteiger partial charge in [-0.3, -0.25) is 33.6 Å². The van der Waals surface area contributed by atoms with Crippen molar-refractivity contribution in [2.75, 3.05) is 13.2 Å². The summed E-state index contributed by atoms with van der Waals surface area (Å²) in [5.41, 5.74) is 0.727. The average Bonchev–Trinajstić information content (AvgIpc) is 3.92. The Morgan fingerprint density at radius 1 is 0.705 bits per heavy atom. The first-order valence-corrected chi connectivity index (χ1v) is 20.2. The molecule has 61 heavy (non-hydrogen) atoms. The Balaban J connectivity index is 1.68. The van der Waals surface area contributed by atoms with Crippen LogP contribution >= 0.6 is 0 Å². The molecule has 0 radical (unpaired) electrons. The highest BCUT2D eigenvalue weighted by molar-refractivity contribution is 5.99. The monoisotopic (exact) mass is 856 g/mol. The SMILES string of the molecule is CC(C)[C@H](NC(=O)[C@@H]1CCCN1C(=O)[C@@H](NC(=O)c1ccc[nH]1)C(C)C)C(=O)N[C@@H](C(=O)NC(C(=O)N[C@H](CO)C(=O)N[C@@H](Cc1ccc(O)cc1)C(=O)O)[C@@H](C)O)C(C)C. The third kappa shape index (κ3) is 13.8. The topological polar surface area (TPSA) is 309 Å². The van der Waals surface area contributed by atoms with Gasteiger partial charge in [0.25, 0.3) is 5.91 Å². The second kappa shape index (κ2) is 22.5. The van der Waals surface area contributed by atoms with Crippen LogP contribution in [0.25, 0.3) is 0 Å². The Kier molecular flexibility index (Phi) is 18.2. The van der Waals surface area contributed by atoms with Crippen LogP contribution in [0.4, 0.5) is 0 Å². The van der Waals surface area contributed by atoms with Crippen molar-refractivity contribution >= 4 is 47.3 Å². The van der Waals surface area contributed by atoms with Gasteiger partial charge in [0.1, 0.15) is 53.7 Å². The molecule has 1 saturated heterocycles. The molecule has 2 aromatic rings. The number of aliphatic carboxylic acids is 1. The van der Waals surface area contributed by atoms with Gasteiger partial charge >= 0.3 is 5.97 Å². The summed E-state index contributed by atoms with van der Waals surface area (Å²) in [6, 6.07) is -0.487. The van der Waals surface area contributed by atoms with Crippen LogP contribution in [0.1, 0.15) is 77.4 Å². The highest BCUT2D eigenvalue weighted by Gasteiger charge is 2.41. The van der Waals surface area contributed by atoms with Crippen LogP contribution in [0.2, 0.25) is 0 Å². The zero-order chi connectivity index (χ0) is 45.7. The Bertz CT molecular complexity index is 1850. The number of carboxylic acids is 1. The van der Waals surface area contributed by atoms with Gasteiger partial charge in [-0.1, -0.05) is 53.7 Å². The molecule has 0 aliphatic carbocycles. The predicted octanol–water partition coefficient (Wildman–Crippen LogP) is -1.10. The number of phenolic OH excluding ortho intramolecular Hbond substituents is 1. The fourth-order valence-electron chi connectivity index (χ4n) is 6.69. The minimum atomic E-state index is -1.71. The lowest BCUT2D eigenvalue weighted by Gasteiger charge is -2.32. The summed E-state index contributed by atoms with van der Waals surface area (Å²) < 4.78 is 0. The van der Waals surface area contributed by atoms with Gasteiger partial charge in [-0.15, -0.1) is 0 Å². The van der Waals surface area contributed by atoms with Crippen LogP contribution in [0.5, 0.6) is 5.75 Å². The van der Waals surface area contributed by atoms with Crippen molar-refractivity contribution in [1.82, 2.24) is 41.8 Å². The van der Waals surface area contributed by atoms with Gasteiger partial charge in [0.2, 0.25) is 35.4 Å². The van der Waals surface area contributed by atoms with Crippen molar-refractivity contribution in [3.05, 3.63) is 53.9 Å². The van der Waals surface area contributed by atoms with Gasteiger partial charge in [0, 0.05) is 19.2 Å². The number of rotatable bonds is 21. The van der Waals surface area contributed by atoms with E-state index in [1.165, 1.54) is 36.1 Å². The Labute approximate surface area is 354 Å². The number of carbonyl (C=O) groups is 8. The number of likely N-dealkylation sites (tertiary alicyclic amines) is 1. The van der Waals surface area contributed by atoms with Gasteiger partial charge < -0.3 is 62.2 Å². The third-order valence-corrected chi connectivity index (χ3v) is 10.3. The number of carbonyl (C=O) groups excluding carboxylic acids is 7. The molecule has 20 heteroatoms. The Morgan fingerprint density at radius 2 is 1.25 bits per heavy atom. The number of amides is 7. The second-order valence-corrected chi connectivity index (χ2v) is 16.2. The number of nitrogens with one attached hydrogen (secondary N) is 7. The number of aromatic hydroxyl groups is 1. The number of aromatic nitrogens is 1. The van der Waals surface area contributed by atoms with E-state index in [9.17, 15) is 58.8 Å². The van der Waals surface area contributed by atoms with Gasteiger partial charge in [-0.2, -0.15) is 0 Å². The summed E-state index contributed by atoms with van der Waals surface area (Å²) in [6.07, 6.45) is 0.622. The number of hydrogen-bond acceptors (Lipinski definition) is 11. The lowest BCUT2D eigenvalue weighted by atomic mass is 9.98. The maximum atomic E-state index is 13.8. The first-order chi connectivity index (χ1) is 28.7. The number of hydrogen-bond donors (Lipinski definition) is 11. The lowest BCUT2D eigenvalue weighted by Crippen LogP contribution is -2.63. The smallest absolute Gasteiger partial charge is 0.326 e. The molecule has 1 fully saturated rings. The van der Waals surface area contributed by atoms with E-state index in [4.69, 9.17) is 0 Å². The lowest BCUT2D eigenvalue weighted by molar-refractivity contribution is -0.142. The highest BCUT2D eigenvalue weighted by Crippen LogP contribution is 2.22. The number of nitrogens with zero attached hydrogens (tertiary/aromatic N) is 1. The molecule has 336 valence electrons. The van der Waals surface area contributed by atoms with Crippen LogP contribution in [0, 0.1) is 17.8 Å². The van der Waals surface area contributed by atoms with Crippen LogP contribution in [-0.4, -0.2) is 139 Å². The number of aliphatic hydroxyl groups is 2. The summed E-state index contributed by atoms with van der Waals surface area (Å²) in [4.78, 5) is 110. The standard InChI is InChI=1S/C41H60N8O12/c1-20(2)30(45-36(55)29-11-9-17-49(29)40(59)32(22(5)6)47-34(53)26-10-8-16-42-26)37(56)46-31(21(3)4)38(57)48-33(23(7)51)39(58)44-28(19-50)35(54)43-27(41(60)61)18-24-12-14-25(52)15-13-24/h8,10,12-16,20-23,27-33,42,50-52H,9,11,17-19H2,1-7H3,(H,43,54)(H,44,58)(H,45,55)(H,46,56)(H,47,53)(H,48,57)(H,60,61)/t23-,27+,28-,29+,30+,31-,32+,33?/m1/s1. The van der Waals surface area contributed by atoms with E-state index in [-0.39, 0.29) is 30.3 Å². The first kappa shape index (κ1) is 49.3. The maximum absolute atomic E-state index is 13.8. The summed E-state index contributed by atoms with van der Waals surface area (Å²) in [7, 11) is 0. The van der Waals surface area contributed by atoms with Crippen molar-refractivity contribution in [2.45, 2.75) is 116 Å². The first-order valence-electron chi connectivity index (χ1n) is 20.2. The molecule has 7 amide bonds. The second-order valence-electron chi connectivity index (χ2n) is 16.2. The fraction of sp³-hybridized carbons (Fsp3) is 0.561. The van der Waals surface area contributed by atoms with Crippen molar-refractivity contribution in [1.29, 1.82) is 0 Å². The van der Waals surface area contributed by atoms with Crippen molar-refractivity contribution in [3.8, 4) is 5.75 Å². The van der Waals surface area contributed by atoms with Crippen molar-refractivity contribution in [3.63, 3.8) is 0 Å². The number of aromatic amines is 1. The van der Waals surface area contributed by atoms with Crippen LogP contribution < -0.4 is 31.9 Å². The molecule has 1 aliphatic heterocycles. The Morgan fingerprint density at radius 3 is 1.75 bits per heavy atom. The van der Waals surface area contributed by atoms with E-state index >= 15 is 0 Å². The molecule has 1 unspecified atom stereocenters. The Hall–Kier alpha value is -6.02. The van der Waals surface area contributed by atoms with E-state index in [1.807, 2.05) is 0 Å². The summed E-state index contributed by atoms with van der Waals surface area (Å²) in [5.74, 6) is -8.26. The summed E-state index contributed by atoms with van der Waals surface area (Å²) in [5, 5.41) is 54.6. The zero-order valence-corrected chi connectivity index (χ0v) is 35.4. The molecule has 0 saturated carbocycles. The summed E-state index contributed by atoms with van der Waals surface area (Å²) >= 11 is 0. The fourth-order valence-corrected chi connectivity index (χ4v) is 6.69. The normalized spacial score (nSPS) is 17.3. The van der Waals surface area contributed by atoms with Gasteiger partial charge in [-0.25, -0.2) is 4.79 Å². The van der Waals surface area contributed by atoms with Crippen molar-refractivity contribution < 1.29 is 58.8 Å². The molecule has 20 nitrogen and oxygen atoms in total. The highest BCUT2D eigenvalue weighted by atomic mass is 16.4.